The van der Waals surface area contributed by atoms with Gasteiger partial charge in [0.1, 0.15) is 5.75 Å². The number of carbonyl (C=O) groups is 1. The van der Waals surface area contributed by atoms with E-state index in [9.17, 15) is 4.79 Å². The number of hydrogen-bond acceptors (Lipinski definition) is 3. The Bertz CT molecular complexity index is 1630. The molecule has 0 atom stereocenters. The van der Waals surface area contributed by atoms with E-state index in [-0.39, 0.29) is 5.78 Å². The Kier molecular flexibility index (Phi) is 4.43. The molecule has 32 heavy (non-hydrogen) atoms. The van der Waals surface area contributed by atoms with Crippen molar-refractivity contribution < 1.29 is 9.53 Å². The van der Waals surface area contributed by atoms with E-state index in [0.29, 0.717) is 12.8 Å². The van der Waals surface area contributed by atoms with Gasteiger partial charge in [0.25, 0.3) is 0 Å². The van der Waals surface area contributed by atoms with Crippen LogP contribution < -0.4 is 15.2 Å². The van der Waals surface area contributed by atoms with Gasteiger partial charge in [0, 0.05) is 29.4 Å². The molecule has 0 radical (unpaired) electrons. The fraction of sp³-hybridized carbons (Fsp3) is 0.172. The standard InChI is InChI=1S/C29H23NO2/c1-32-29-17-30-27-9-5-4-8-24(27)26(29)16-25-23-13-12-20-19-7-3-2-6-18(19)10-11-21(20)22(23)14-15-28(25)31/h2-10,12-13,17H,11,14-16H2,1H3. The van der Waals surface area contributed by atoms with E-state index in [1.807, 2.05) is 18.2 Å². The zero-order chi connectivity index (χ0) is 21.7. The highest BCUT2D eigenvalue weighted by atomic mass is 16.5. The predicted octanol–water partition coefficient (Wildman–Crippen LogP) is 3.78. The third-order valence-electron chi connectivity index (χ3n) is 6.89. The van der Waals surface area contributed by atoms with Crippen LogP contribution >= 0.6 is 0 Å². The first-order valence-electron chi connectivity index (χ1n) is 11.1. The summed E-state index contributed by atoms with van der Waals surface area (Å²) < 4.78 is 5.66. The van der Waals surface area contributed by atoms with Crippen molar-refractivity contribution in [3.63, 3.8) is 0 Å². The fourth-order valence-electron chi connectivity index (χ4n) is 5.33. The molecule has 2 aliphatic carbocycles. The van der Waals surface area contributed by atoms with E-state index in [2.05, 4.69) is 53.5 Å². The number of methoxy groups -OCH3 is 1. The van der Waals surface area contributed by atoms with Crippen molar-refractivity contribution in [3.05, 3.63) is 104 Å². The van der Waals surface area contributed by atoms with Gasteiger partial charge in [-0.1, -0.05) is 60.7 Å². The van der Waals surface area contributed by atoms with Gasteiger partial charge >= 0.3 is 0 Å². The predicted molar refractivity (Wildman–Crippen MR) is 127 cm³/mol. The number of hydrogen-bond donors (Lipinski definition) is 0. The number of para-hydroxylation sites is 1. The Morgan fingerprint density at radius 2 is 1.69 bits per heavy atom. The second kappa shape index (κ2) is 7.45. The topological polar surface area (TPSA) is 39.2 Å². The Morgan fingerprint density at radius 3 is 2.59 bits per heavy atom. The zero-order valence-electron chi connectivity index (χ0n) is 18.0. The van der Waals surface area contributed by atoms with Crippen molar-refractivity contribution in [2.24, 2.45) is 0 Å². The Hall–Kier alpha value is -3.72. The molecule has 6 rings (SSSR count). The van der Waals surface area contributed by atoms with Gasteiger partial charge in [-0.05, 0) is 50.9 Å². The Labute approximate surface area is 186 Å². The third-order valence-corrected chi connectivity index (χ3v) is 6.89. The quantitative estimate of drug-likeness (QED) is 0.509. The average Bonchev–Trinajstić information content (AvgIpc) is 2.85. The molecule has 3 heteroatoms. The highest BCUT2D eigenvalue weighted by Gasteiger charge is 2.23. The lowest BCUT2D eigenvalue weighted by Crippen LogP contribution is -2.28. The molecule has 2 aliphatic rings. The summed E-state index contributed by atoms with van der Waals surface area (Å²) in [6.45, 7) is 0. The molecular formula is C29H23NO2. The minimum atomic E-state index is 0.237. The summed E-state index contributed by atoms with van der Waals surface area (Å²) in [5.74, 6) is 0.969. The molecule has 0 saturated carbocycles. The molecule has 0 aliphatic heterocycles. The lowest BCUT2D eigenvalue weighted by atomic mass is 9.83. The molecule has 0 bridgehead atoms. The maximum Gasteiger partial charge on any atom is 0.160 e. The van der Waals surface area contributed by atoms with Gasteiger partial charge in [-0.2, -0.15) is 0 Å². The van der Waals surface area contributed by atoms with Crippen molar-refractivity contribution in [2.45, 2.75) is 25.7 Å². The molecule has 3 aromatic carbocycles. The lowest BCUT2D eigenvalue weighted by Gasteiger charge is -2.21. The number of ether oxygens (including phenoxy) is 1. The fourth-order valence-corrected chi connectivity index (χ4v) is 5.33. The number of benzene rings is 3. The van der Waals surface area contributed by atoms with Gasteiger partial charge in [0.15, 0.2) is 5.78 Å². The van der Waals surface area contributed by atoms with E-state index in [0.717, 1.165) is 45.8 Å². The van der Waals surface area contributed by atoms with Crippen LogP contribution in [0.2, 0.25) is 0 Å². The van der Waals surface area contributed by atoms with Crippen LogP contribution in [0, 0.1) is 10.4 Å². The largest absolute Gasteiger partial charge is 0.495 e. The summed E-state index contributed by atoms with van der Waals surface area (Å²) in [5, 5.41) is 6.04. The molecule has 3 nitrogen and oxygen atoms in total. The number of rotatable bonds is 3. The summed E-state index contributed by atoms with van der Waals surface area (Å²) in [5.41, 5.74) is 5.55. The molecule has 156 valence electrons. The minimum absolute atomic E-state index is 0.237. The number of ketones is 1. The summed E-state index contributed by atoms with van der Waals surface area (Å²) in [4.78, 5) is 17.7. The van der Waals surface area contributed by atoms with Gasteiger partial charge in [0.05, 0.1) is 18.8 Å². The summed E-state index contributed by atoms with van der Waals surface area (Å²) in [6.07, 6.45) is 6.92. The van der Waals surface area contributed by atoms with E-state index in [1.54, 1.807) is 13.3 Å². The van der Waals surface area contributed by atoms with Crippen molar-refractivity contribution in [1.82, 2.24) is 4.98 Å². The van der Waals surface area contributed by atoms with Gasteiger partial charge in [-0.3, -0.25) is 9.78 Å². The third kappa shape index (κ3) is 2.89. The molecular weight excluding hydrogens is 394 g/mol. The number of nitrogens with zero attached hydrogens (tertiary/aromatic N) is 1. The number of pyridine rings is 1. The number of fused-ring (bicyclic) bond motifs is 5. The molecule has 0 fully saturated rings. The molecule has 0 saturated heterocycles. The van der Waals surface area contributed by atoms with Crippen molar-refractivity contribution in [3.8, 4) is 5.75 Å². The summed E-state index contributed by atoms with van der Waals surface area (Å²) in [7, 11) is 1.67. The van der Waals surface area contributed by atoms with Crippen LogP contribution in [0.3, 0.4) is 0 Å². The van der Waals surface area contributed by atoms with E-state index < -0.39 is 0 Å². The van der Waals surface area contributed by atoms with Crippen LogP contribution in [0.1, 0.15) is 23.1 Å². The Morgan fingerprint density at radius 1 is 0.875 bits per heavy atom. The minimum Gasteiger partial charge on any atom is -0.495 e. The molecule has 0 amide bonds. The maximum atomic E-state index is 13.2. The first-order chi connectivity index (χ1) is 15.7. The van der Waals surface area contributed by atoms with Crippen LogP contribution in [0.25, 0.3) is 22.6 Å². The van der Waals surface area contributed by atoms with Crippen LogP contribution in [0.15, 0.2) is 66.9 Å². The summed E-state index contributed by atoms with van der Waals surface area (Å²) >= 11 is 0. The molecule has 0 spiro atoms. The first-order valence-corrected chi connectivity index (χ1v) is 11.1. The Balaban J connectivity index is 1.63. The zero-order valence-corrected chi connectivity index (χ0v) is 18.0. The normalized spacial score (nSPS) is 14.4. The van der Waals surface area contributed by atoms with Gasteiger partial charge < -0.3 is 4.74 Å². The SMILES string of the molecule is COc1cnc2ccccc2c1CC1=c2ccc3c(c2CCC1=O)CC=c1ccccc1=3. The van der Waals surface area contributed by atoms with E-state index in [1.165, 1.54) is 26.8 Å². The smallest absolute Gasteiger partial charge is 0.160 e. The number of carbonyl (C=O) groups excluding carboxylic acids is 1. The first kappa shape index (κ1) is 19.0. The van der Waals surface area contributed by atoms with Crippen LogP contribution in [0.5, 0.6) is 5.75 Å². The monoisotopic (exact) mass is 417 g/mol. The van der Waals surface area contributed by atoms with E-state index in [4.69, 9.17) is 4.74 Å². The van der Waals surface area contributed by atoms with Crippen LogP contribution in [0.4, 0.5) is 0 Å². The molecule has 1 heterocycles. The van der Waals surface area contributed by atoms with Crippen molar-refractivity contribution in [1.29, 1.82) is 0 Å². The molecule has 0 unspecified atom stereocenters. The van der Waals surface area contributed by atoms with Crippen LogP contribution in [-0.4, -0.2) is 17.9 Å². The van der Waals surface area contributed by atoms with Crippen molar-refractivity contribution >= 4 is 28.3 Å². The molecule has 1 aromatic heterocycles. The van der Waals surface area contributed by atoms with E-state index >= 15 is 0 Å². The van der Waals surface area contributed by atoms with Crippen molar-refractivity contribution in [2.75, 3.05) is 7.11 Å². The van der Waals surface area contributed by atoms with Gasteiger partial charge in [0.2, 0.25) is 0 Å². The van der Waals surface area contributed by atoms with Gasteiger partial charge in [-0.15, -0.1) is 0 Å². The number of Topliss-reactive ketones (excluding diaryl/α,β-unsaturated/α-hetero) is 1. The highest BCUT2D eigenvalue weighted by molar-refractivity contribution is 6.16. The highest BCUT2D eigenvalue weighted by Crippen LogP contribution is 2.30. The number of aromatic nitrogens is 1. The van der Waals surface area contributed by atoms with Gasteiger partial charge in [-0.25, -0.2) is 0 Å². The second-order valence-electron chi connectivity index (χ2n) is 8.51. The van der Waals surface area contributed by atoms with Crippen LogP contribution in [-0.2, 0) is 24.1 Å². The lowest BCUT2D eigenvalue weighted by molar-refractivity contribution is -0.114. The maximum absolute atomic E-state index is 13.2. The molecule has 0 N–H and O–H groups in total. The second-order valence-corrected chi connectivity index (χ2v) is 8.51. The summed E-state index contributed by atoms with van der Waals surface area (Å²) in [6, 6.07) is 21.0. The molecule has 4 aromatic rings. The average molecular weight is 418 g/mol.